The first-order valence-corrected chi connectivity index (χ1v) is 5.45. The topological polar surface area (TPSA) is 76.2 Å². The van der Waals surface area contributed by atoms with Crippen LogP contribution < -0.4 is 0 Å². The molecule has 0 saturated heterocycles. The first-order valence-electron chi connectivity index (χ1n) is 4.46. The molecule has 2 heterocycles. The molecule has 0 aliphatic rings. The molecular weight excluding hydrogens is 228 g/mol. The molecule has 2 aromatic heterocycles. The fraction of sp³-hybridized carbons (Fsp3) is 0.100. The molecule has 2 aromatic rings. The van der Waals surface area contributed by atoms with Gasteiger partial charge in [-0.2, -0.15) is 0 Å². The van der Waals surface area contributed by atoms with Crippen molar-refractivity contribution in [1.82, 2.24) is 9.97 Å². The maximum Gasteiger partial charge on any atom is 0.337 e. The van der Waals surface area contributed by atoms with Crippen LogP contribution in [-0.4, -0.2) is 21.0 Å². The van der Waals surface area contributed by atoms with E-state index < -0.39 is 5.97 Å². The molecule has 0 aliphatic carbocycles. The van der Waals surface area contributed by atoms with Crippen molar-refractivity contribution >= 4 is 17.7 Å². The van der Waals surface area contributed by atoms with Crippen molar-refractivity contribution in [3.05, 3.63) is 42.0 Å². The summed E-state index contributed by atoms with van der Waals surface area (Å²) >= 11 is 1.41. The van der Waals surface area contributed by atoms with Crippen LogP contribution >= 0.6 is 11.8 Å². The lowest BCUT2D eigenvalue weighted by molar-refractivity contribution is 0.0696. The smallest absolute Gasteiger partial charge is 0.337 e. The number of aromatic nitrogens is 2. The molecule has 0 bridgehead atoms. The molecule has 2 rings (SSSR count). The number of aromatic carboxylic acids is 1. The molecule has 0 radical (unpaired) electrons. The highest BCUT2D eigenvalue weighted by molar-refractivity contribution is 7.98. The predicted molar refractivity (Wildman–Crippen MR) is 57.3 cm³/mol. The summed E-state index contributed by atoms with van der Waals surface area (Å²) in [7, 11) is 0. The van der Waals surface area contributed by atoms with Gasteiger partial charge in [-0.05, 0) is 12.1 Å². The fourth-order valence-corrected chi connectivity index (χ4v) is 1.75. The highest BCUT2D eigenvalue weighted by Crippen LogP contribution is 2.19. The van der Waals surface area contributed by atoms with Crippen molar-refractivity contribution in [1.29, 1.82) is 0 Å². The molecule has 1 N–H and O–H groups in total. The second-order valence-corrected chi connectivity index (χ2v) is 3.86. The van der Waals surface area contributed by atoms with Crippen LogP contribution in [0.4, 0.5) is 0 Å². The summed E-state index contributed by atoms with van der Waals surface area (Å²) < 4.78 is 5.05. The zero-order valence-electron chi connectivity index (χ0n) is 8.16. The molecule has 6 heteroatoms. The van der Waals surface area contributed by atoms with Crippen LogP contribution in [0.1, 0.15) is 16.1 Å². The van der Waals surface area contributed by atoms with E-state index in [4.69, 9.17) is 9.52 Å². The van der Waals surface area contributed by atoms with E-state index in [9.17, 15) is 4.79 Å². The van der Waals surface area contributed by atoms with Gasteiger partial charge in [-0.1, -0.05) is 11.8 Å². The number of rotatable bonds is 4. The summed E-state index contributed by atoms with van der Waals surface area (Å²) in [6, 6.07) is 3.21. The zero-order chi connectivity index (χ0) is 11.4. The molecule has 0 aromatic carbocycles. The Balaban J connectivity index is 1.98. The largest absolute Gasteiger partial charge is 0.478 e. The number of nitrogens with zero attached hydrogens (tertiary/aromatic N) is 2. The standard InChI is InChI=1S/C10H8N2O3S/c13-9(14)7-1-2-8(12-5-7)6-16-10-11-3-4-15-10/h1-5H,6H2,(H,13,14). The Morgan fingerprint density at radius 2 is 2.31 bits per heavy atom. The number of carboxylic acids is 1. The lowest BCUT2D eigenvalue weighted by Gasteiger charge is -1.98. The highest BCUT2D eigenvalue weighted by atomic mass is 32.2. The fourth-order valence-electron chi connectivity index (χ4n) is 1.05. The summed E-state index contributed by atoms with van der Waals surface area (Å²) in [6.45, 7) is 0. The van der Waals surface area contributed by atoms with Crippen molar-refractivity contribution in [2.75, 3.05) is 0 Å². The molecule has 0 amide bonds. The van der Waals surface area contributed by atoms with Gasteiger partial charge in [-0.3, -0.25) is 4.98 Å². The molecule has 0 spiro atoms. The summed E-state index contributed by atoms with van der Waals surface area (Å²) in [6.07, 6.45) is 4.42. The Labute approximate surface area is 95.5 Å². The zero-order valence-corrected chi connectivity index (χ0v) is 8.98. The lowest BCUT2D eigenvalue weighted by Crippen LogP contribution is -1.97. The minimum absolute atomic E-state index is 0.185. The number of carbonyl (C=O) groups is 1. The molecule has 82 valence electrons. The third kappa shape index (κ3) is 2.60. The van der Waals surface area contributed by atoms with Crippen LogP contribution in [0.2, 0.25) is 0 Å². The van der Waals surface area contributed by atoms with E-state index in [1.807, 2.05) is 0 Å². The predicted octanol–water partition coefficient (Wildman–Crippen LogP) is 2.06. The van der Waals surface area contributed by atoms with Gasteiger partial charge < -0.3 is 9.52 Å². The van der Waals surface area contributed by atoms with Gasteiger partial charge in [-0.25, -0.2) is 9.78 Å². The average molecular weight is 236 g/mol. The van der Waals surface area contributed by atoms with Gasteiger partial charge in [0.1, 0.15) is 6.26 Å². The third-order valence-corrected chi connectivity index (χ3v) is 2.71. The van der Waals surface area contributed by atoms with E-state index in [1.165, 1.54) is 30.3 Å². The second-order valence-electron chi connectivity index (χ2n) is 2.93. The Morgan fingerprint density at radius 3 is 2.88 bits per heavy atom. The van der Waals surface area contributed by atoms with Gasteiger partial charge in [0.15, 0.2) is 0 Å². The Hall–Kier alpha value is -1.82. The van der Waals surface area contributed by atoms with Crippen LogP contribution in [-0.2, 0) is 5.75 Å². The summed E-state index contributed by atoms with van der Waals surface area (Å²) in [5.74, 6) is -0.375. The molecule has 0 aliphatic heterocycles. The van der Waals surface area contributed by atoms with Crippen molar-refractivity contribution in [3.63, 3.8) is 0 Å². The number of carboxylic acid groups (broad SMARTS) is 1. The maximum atomic E-state index is 10.6. The lowest BCUT2D eigenvalue weighted by atomic mass is 10.2. The highest BCUT2D eigenvalue weighted by Gasteiger charge is 2.04. The molecule has 0 atom stereocenters. The summed E-state index contributed by atoms with van der Waals surface area (Å²) in [4.78, 5) is 18.6. The minimum atomic E-state index is -0.973. The number of pyridine rings is 1. The number of oxazole rings is 1. The van der Waals surface area contributed by atoms with E-state index in [0.29, 0.717) is 11.0 Å². The summed E-state index contributed by atoms with van der Waals surface area (Å²) in [5.41, 5.74) is 0.970. The second kappa shape index (κ2) is 4.80. The molecule has 0 saturated carbocycles. The quantitative estimate of drug-likeness (QED) is 0.819. The molecule has 0 unspecified atom stereocenters. The number of hydrogen-bond donors (Lipinski definition) is 1. The molecular formula is C10H8N2O3S. The van der Waals surface area contributed by atoms with E-state index in [1.54, 1.807) is 12.3 Å². The third-order valence-electron chi connectivity index (χ3n) is 1.82. The van der Waals surface area contributed by atoms with Gasteiger partial charge in [0.2, 0.25) is 0 Å². The molecule has 5 nitrogen and oxygen atoms in total. The number of hydrogen-bond acceptors (Lipinski definition) is 5. The average Bonchev–Trinajstić information content (AvgIpc) is 2.80. The van der Waals surface area contributed by atoms with Crippen molar-refractivity contribution < 1.29 is 14.3 Å². The van der Waals surface area contributed by atoms with Crippen molar-refractivity contribution in [3.8, 4) is 0 Å². The minimum Gasteiger partial charge on any atom is -0.478 e. The van der Waals surface area contributed by atoms with Crippen LogP contribution in [0.5, 0.6) is 0 Å². The summed E-state index contributed by atoms with van der Waals surface area (Å²) in [5, 5.41) is 9.26. The first kappa shape index (κ1) is 10.7. The maximum absolute atomic E-state index is 10.6. The van der Waals surface area contributed by atoms with Crippen molar-refractivity contribution in [2.45, 2.75) is 11.0 Å². The van der Waals surface area contributed by atoms with Gasteiger partial charge >= 0.3 is 5.97 Å². The van der Waals surface area contributed by atoms with Gasteiger partial charge in [0.05, 0.1) is 17.5 Å². The van der Waals surface area contributed by atoms with Crippen LogP contribution in [0.15, 0.2) is 40.4 Å². The first-order chi connectivity index (χ1) is 7.75. The van der Waals surface area contributed by atoms with E-state index in [-0.39, 0.29) is 5.56 Å². The normalized spacial score (nSPS) is 10.2. The van der Waals surface area contributed by atoms with Crippen molar-refractivity contribution in [2.24, 2.45) is 0 Å². The van der Waals surface area contributed by atoms with Crippen LogP contribution in [0, 0.1) is 0 Å². The van der Waals surface area contributed by atoms with Gasteiger partial charge in [0.25, 0.3) is 5.22 Å². The SMILES string of the molecule is O=C(O)c1ccc(CSc2ncco2)nc1. The van der Waals surface area contributed by atoms with Crippen LogP contribution in [0.3, 0.4) is 0 Å². The van der Waals surface area contributed by atoms with E-state index in [2.05, 4.69) is 9.97 Å². The Kier molecular flexibility index (Phi) is 3.21. The number of thioether (sulfide) groups is 1. The van der Waals surface area contributed by atoms with E-state index >= 15 is 0 Å². The van der Waals surface area contributed by atoms with Gasteiger partial charge in [0, 0.05) is 11.9 Å². The van der Waals surface area contributed by atoms with Crippen LogP contribution in [0.25, 0.3) is 0 Å². The Bertz CT molecular complexity index is 467. The monoisotopic (exact) mass is 236 g/mol. The Morgan fingerprint density at radius 1 is 1.44 bits per heavy atom. The van der Waals surface area contributed by atoms with Gasteiger partial charge in [-0.15, -0.1) is 0 Å². The van der Waals surface area contributed by atoms with E-state index in [0.717, 1.165) is 5.69 Å². The molecule has 16 heavy (non-hydrogen) atoms. The molecule has 0 fully saturated rings.